The predicted octanol–water partition coefficient (Wildman–Crippen LogP) is 4.31. The summed E-state index contributed by atoms with van der Waals surface area (Å²) in [6, 6.07) is 8.74. The number of rotatable bonds is 7. The molecule has 0 aromatic heterocycles. The molecule has 1 aromatic carbocycles. The molecule has 0 bridgehead atoms. The van der Waals surface area contributed by atoms with Gasteiger partial charge in [0.2, 0.25) is 0 Å². The molecule has 0 saturated carbocycles. The lowest BCUT2D eigenvalue weighted by Crippen LogP contribution is -2.48. The summed E-state index contributed by atoms with van der Waals surface area (Å²) < 4.78 is 37.5. The lowest BCUT2D eigenvalue weighted by Gasteiger charge is -2.33. The van der Waals surface area contributed by atoms with Crippen molar-refractivity contribution < 1.29 is 13.2 Å². The van der Waals surface area contributed by atoms with Crippen LogP contribution in [0.2, 0.25) is 0 Å². The Morgan fingerprint density at radius 3 is 2.44 bits per heavy atom. The van der Waals surface area contributed by atoms with E-state index in [1.807, 2.05) is 0 Å². The van der Waals surface area contributed by atoms with E-state index in [9.17, 15) is 13.2 Å². The second-order valence-electron chi connectivity index (χ2n) is 6.89. The molecule has 0 spiro atoms. The number of unbranched alkanes of at least 4 members (excludes halogenated alkanes) is 1. The van der Waals surface area contributed by atoms with Gasteiger partial charge < -0.3 is 10.6 Å². The van der Waals surface area contributed by atoms with Gasteiger partial charge in [0.1, 0.15) is 0 Å². The first kappa shape index (κ1) is 22.0. The summed E-state index contributed by atoms with van der Waals surface area (Å²) in [6.07, 6.45) is -2.13. The second-order valence-corrected chi connectivity index (χ2v) is 7.81. The molecule has 152 valence electrons. The van der Waals surface area contributed by atoms with Crippen molar-refractivity contribution in [3.63, 3.8) is 0 Å². The number of hydrogen-bond donors (Lipinski definition) is 2. The molecule has 4 nitrogen and oxygen atoms in total. The van der Waals surface area contributed by atoms with Gasteiger partial charge in [-0.3, -0.25) is 9.89 Å². The molecule has 0 atom stereocenters. The maximum atomic E-state index is 12.1. The molecular formula is C19H28BrF3N4. The minimum absolute atomic E-state index is 0.141. The van der Waals surface area contributed by atoms with E-state index >= 15 is 0 Å². The molecule has 0 aliphatic carbocycles. The van der Waals surface area contributed by atoms with E-state index in [1.54, 1.807) is 7.05 Å². The van der Waals surface area contributed by atoms with Crippen LogP contribution in [0, 0.1) is 0 Å². The van der Waals surface area contributed by atoms with Crippen molar-refractivity contribution in [2.75, 3.05) is 26.7 Å². The van der Waals surface area contributed by atoms with E-state index < -0.39 is 12.6 Å². The third kappa shape index (κ3) is 8.97. The number of alkyl halides is 3. The highest BCUT2D eigenvalue weighted by molar-refractivity contribution is 9.10. The monoisotopic (exact) mass is 448 g/mol. The van der Waals surface area contributed by atoms with Crippen molar-refractivity contribution in [3.05, 3.63) is 34.3 Å². The largest absolute Gasteiger partial charge is 0.389 e. The molecule has 0 radical (unpaired) electrons. The molecule has 2 rings (SSSR count). The first-order valence-electron chi connectivity index (χ1n) is 9.36. The van der Waals surface area contributed by atoms with Crippen molar-refractivity contribution in [3.8, 4) is 0 Å². The second kappa shape index (κ2) is 10.9. The van der Waals surface area contributed by atoms with E-state index in [4.69, 9.17) is 0 Å². The standard InChI is InChI=1S/C19H28BrF3N4/c1-24-18(25-11-3-2-10-19(21,22)23)26-17-8-12-27(13-9-17)14-15-4-6-16(20)7-5-15/h4-7,17H,2-3,8-14H2,1H3,(H2,24,25,26). The van der Waals surface area contributed by atoms with E-state index in [-0.39, 0.29) is 6.42 Å². The van der Waals surface area contributed by atoms with E-state index in [2.05, 4.69) is 60.7 Å². The van der Waals surface area contributed by atoms with Crippen LogP contribution in [0.15, 0.2) is 33.7 Å². The fourth-order valence-corrected chi connectivity index (χ4v) is 3.39. The van der Waals surface area contributed by atoms with Gasteiger partial charge in [0.15, 0.2) is 5.96 Å². The number of hydrogen-bond acceptors (Lipinski definition) is 2. The Morgan fingerprint density at radius 2 is 1.85 bits per heavy atom. The van der Waals surface area contributed by atoms with Crippen molar-refractivity contribution in [2.24, 2.45) is 4.99 Å². The van der Waals surface area contributed by atoms with E-state index in [1.165, 1.54) is 5.56 Å². The zero-order chi connectivity index (χ0) is 19.7. The summed E-state index contributed by atoms with van der Waals surface area (Å²) in [5.41, 5.74) is 1.31. The smallest absolute Gasteiger partial charge is 0.356 e. The first-order chi connectivity index (χ1) is 12.9. The Bertz CT molecular complexity index is 582. The van der Waals surface area contributed by atoms with Crippen LogP contribution in [-0.2, 0) is 6.54 Å². The van der Waals surface area contributed by atoms with Crippen LogP contribution in [0.1, 0.15) is 37.7 Å². The number of piperidine rings is 1. The number of aliphatic imine (C=N–C) groups is 1. The maximum absolute atomic E-state index is 12.1. The fourth-order valence-electron chi connectivity index (χ4n) is 3.13. The summed E-state index contributed by atoms with van der Waals surface area (Å²) in [4.78, 5) is 6.62. The van der Waals surface area contributed by atoms with Crippen molar-refractivity contribution in [1.29, 1.82) is 0 Å². The molecule has 0 unspecified atom stereocenters. The minimum atomic E-state index is -4.07. The van der Waals surface area contributed by atoms with Gasteiger partial charge in [-0.1, -0.05) is 28.1 Å². The SMILES string of the molecule is CN=C(NCCCCC(F)(F)F)NC1CCN(Cc2ccc(Br)cc2)CC1. The molecule has 0 amide bonds. The summed E-state index contributed by atoms with van der Waals surface area (Å²) in [5, 5.41) is 6.50. The van der Waals surface area contributed by atoms with Crippen LogP contribution in [0.3, 0.4) is 0 Å². The fraction of sp³-hybridized carbons (Fsp3) is 0.632. The summed E-state index contributed by atoms with van der Waals surface area (Å²) in [5.74, 6) is 0.674. The maximum Gasteiger partial charge on any atom is 0.389 e. The van der Waals surface area contributed by atoms with Crippen LogP contribution in [-0.4, -0.2) is 49.8 Å². The molecule has 27 heavy (non-hydrogen) atoms. The minimum Gasteiger partial charge on any atom is -0.356 e. The normalized spacial score (nSPS) is 17.1. The molecular weight excluding hydrogens is 421 g/mol. The highest BCUT2D eigenvalue weighted by Gasteiger charge is 2.25. The van der Waals surface area contributed by atoms with Gasteiger partial charge in [-0.25, -0.2) is 0 Å². The predicted molar refractivity (Wildman–Crippen MR) is 107 cm³/mol. The number of nitrogens with zero attached hydrogens (tertiary/aromatic N) is 2. The van der Waals surface area contributed by atoms with Crippen LogP contribution < -0.4 is 10.6 Å². The van der Waals surface area contributed by atoms with E-state index in [0.29, 0.717) is 25.0 Å². The zero-order valence-electron chi connectivity index (χ0n) is 15.7. The van der Waals surface area contributed by atoms with Gasteiger partial charge in [-0.2, -0.15) is 13.2 Å². The van der Waals surface area contributed by atoms with Crippen LogP contribution in [0.4, 0.5) is 13.2 Å². The van der Waals surface area contributed by atoms with Gasteiger partial charge in [-0.15, -0.1) is 0 Å². The van der Waals surface area contributed by atoms with Crippen LogP contribution in [0.5, 0.6) is 0 Å². The molecule has 8 heteroatoms. The molecule has 1 fully saturated rings. The lowest BCUT2D eigenvalue weighted by atomic mass is 10.0. The van der Waals surface area contributed by atoms with Crippen molar-refractivity contribution in [1.82, 2.24) is 15.5 Å². The van der Waals surface area contributed by atoms with Gasteiger partial charge >= 0.3 is 6.18 Å². The lowest BCUT2D eigenvalue weighted by molar-refractivity contribution is -0.135. The number of halogens is 4. The summed E-state index contributed by atoms with van der Waals surface area (Å²) in [6.45, 7) is 3.47. The number of guanidine groups is 1. The Balaban J connectivity index is 1.64. The average molecular weight is 449 g/mol. The van der Waals surface area contributed by atoms with Gasteiger partial charge in [0, 0.05) is 50.2 Å². The third-order valence-corrected chi connectivity index (χ3v) is 5.18. The molecule has 1 aromatic rings. The molecule has 1 heterocycles. The first-order valence-corrected chi connectivity index (χ1v) is 10.2. The Kier molecular flexibility index (Phi) is 8.89. The molecule has 2 N–H and O–H groups in total. The molecule has 1 saturated heterocycles. The topological polar surface area (TPSA) is 39.7 Å². The van der Waals surface area contributed by atoms with Crippen molar-refractivity contribution in [2.45, 2.75) is 50.9 Å². The number of benzene rings is 1. The average Bonchev–Trinajstić information content (AvgIpc) is 2.63. The van der Waals surface area contributed by atoms with E-state index in [0.717, 1.165) is 36.9 Å². The quantitative estimate of drug-likeness (QED) is 0.370. The third-order valence-electron chi connectivity index (χ3n) is 4.65. The highest BCUT2D eigenvalue weighted by Crippen LogP contribution is 2.21. The Morgan fingerprint density at radius 1 is 1.19 bits per heavy atom. The van der Waals surface area contributed by atoms with Crippen LogP contribution >= 0.6 is 15.9 Å². The molecule has 1 aliphatic heterocycles. The number of likely N-dealkylation sites (tertiary alicyclic amines) is 1. The Hall–Kier alpha value is -1.28. The van der Waals surface area contributed by atoms with Crippen LogP contribution in [0.25, 0.3) is 0 Å². The van der Waals surface area contributed by atoms with Gasteiger partial charge in [0.25, 0.3) is 0 Å². The highest BCUT2D eigenvalue weighted by atomic mass is 79.9. The van der Waals surface area contributed by atoms with Crippen molar-refractivity contribution >= 4 is 21.9 Å². The summed E-state index contributed by atoms with van der Waals surface area (Å²) >= 11 is 3.45. The zero-order valence-corrected chi connectivity index (χ0v) is 17.2. The van der Waals surface area contributed by atoms with Gasteiger partial charge in [-0.05, 0) is 43.4 Å². The van der Waals surface area contributed by atoms with Gasteiger partial charge in [0.05, 0.1) is 0 Å². The molecule has 1 aliphatic rings. The number of nitrogens with one attached hydrogen (secondary N) is 2. The Labute approximate surface area is 167 Å². The summed E-state index contributed by atoms with van der Waals surface area (Å²) in [7, 11) is 1.69.